The Morgan fingerprint density at radius 2 is 1.68 bits per heavy atom. The van der Waals surface area contributed by atoms with Crippen molar-refractivity contribution in [1.29, 1.82) is 0 Å². The molecule has 0 aliphatic rings. The third-order valence-electron chi connectivity index (χ3n) is 3.81. The van der Waals surface area contributed by atoms with Crippen molar-refractivity contribution in [3.8, 4) is 22.8 Å². The number of nitrogens with zero attached hydrogens (tertiary/aromatic N) is 1. The molecule has 0 unspecified atom stereocenters. The third kappa shape index (κ3) is 3.47. The van der Waals surface area contributed by atoms with E-state index >= 15 is 0 Å². The predicted octanol–water partition coefficient (Wildman–Crippen LogP) is 3.65. The van der Waals surface area contributed by atoms with E-state index in [-0.39, 0.29) is 5.91 Å². The maximum atomic E-state index is 12.6. The van der Waals surface area contributed by atoms with Crippen molar-refractivity contribution < 1.29 is 14.3 Å². The number of aromatic nitrogens is 2. The molecule has 0 atom stereocenters. The molecule has 2 N–H and O–H groups in total. The first-order valence-electron chi connectivity index (χ1n) is 7.76. The summed E-state index contributed by atoms with van der Waals surface area (Å²) < 4.78 is 10.5. The monoisotopic (exact) mass is 337 g/mol. The Morgan fingerprint density at radius 1 is 1.04 bits per heavy atom. The van der Waals surface area contributed by atoms with Crippen LogP contribution < -0.4 is 14.8 Å². The predicted molar refractivity (Wildman–Crippen MR) is 96.3 cm³/mol. The summed E-state index contributed by atoms with van der Waals surface area (Å²) in [4.78, 5) is 20.0. The molecule has 0 spiro atoms. The number of hydrogen-bond donors (Lipinski definition) is 2. The van der Waals surface area contributed by atoms with Crippen LogP contribution in [0.4, 0.5) is 5.69 Å². The second-order valence-electron chi connectivity index (χ2n) is 5.45. The molecule has 0 radical (unpaired) electrons. The van der Waals surface area contributed by atoms with Crippen molar-refractivity contribution >= 4 is 11.6 Å². The lowest BCUT2D eigenvalue weighted by molar-refractivity contribution is 0.102. The normalized spacial score (nSPS) is 10.4. The number of hydrogen-bond acceptors (Lipinski definition) is 4. The van der Waals surface area contributed by atoms with Gasteiger partial charge in [0.25, 0.3) is 5.91 Å². The molecule has 2 aromatic carbocycles. The van der Waals surface area contributed by atoms with Gasteiger partial charge in [-0.05, 0) is 36.8 Å². The van der Waals surface area contributed by atoms with Crippen LogP contribution in [0.15, 0.2) is 48.7 Å². The molecule has 1 amide bonds. The molecule has 6 heteroatoms. The molecule has 0 saturated heterocycles. The number of H-pyrrole nitrogens is 1. The first-order chi connectivity index (χ1) is 12.1. The summed E-state index contributed by atoms with van der Waals surface area (Å²) >= 11 is 0. The zero-order valence-corrected chi connectivity index (χ0v) is 14.3. The molecule has 25 heavy (non-hydrogen) atoms. The number of aromatic amines is 1. The molecule has 0 aliphatic heterocycles. The molecule has 3 rings (SSSR count). The number of carbonyl (C=O) groups is 1. The van der Waals surface area contributed by atoms with Crippen LogP contribution >= 0.6 is 0 Å². The van der Waals surface area contributed by atoms with E-state index in [2.05, 4.69) is 15.3 Å². The Balaban J connectivity index is 1.82. The Hall–Kier alpha value is -3.28. The van der Waals surface area contributed by atoms with Crippen LogP contribution in [-0.4, -0.2) is 30.1 Å². The number of aryl methyl sites for hydroxylation is 1. The molecule has 3 aromatic rings. The number of ether oxygens (including phenoxy) is 2. The van der Waals surface area contributed by atoms with E-state index in [4.69, 9.17) is 9.47 Å². The molecule has 128 valence electrons. The highest BCUT2D eigenvalue weighted by atomic mass is 16.5. The van der Waals surface area contributed by atoms with E-state index in [1.807, 2.05) is 31.2 Å². The highest BCUT2D eigenvalue weighted by Crippen LogP contribution is 2.29. The zero-order chi connectivity index (χ0) is 17.8. The minimum absolute atomic E-state index is 0.292. The molecule has 0 aliphatic carbocycles. The summed E-state index contributed by atoms with van der Waals surface area (Å²) in [5, 5.41) is 2.87. The van der Waals surface area contributed by atoms with Crippen LogP contribution in [0.3, 0.4) is 0 Å². The molecule has 1 heterocycles. The number of imidazole rings is 1. The van der Waals surface area contributed by atoms with Crippen LogP contribution in [0.25, 0.3) is 11.3 Å². The number of amides is 1. The fraction of sp³-hybridized carbons (Fsp3) is 0.158. The number of nitrogens with one attached hydrogen (secondary N) is 2. The van der Waals surface area contributed by atoms with E-state index in [1.165, 1.54) is 14.2 Å². The summed E-state index contributed by atoms with van der Waals surface area (Å²) in [5.74, 6) is 1.48. The van der Waals surface area contributed by atoms with Crippen molar-refractivity contribution in [2.24, 2.45) is 0 Å². The Bertz CT molecular complexity index is 863. The Kier molecular flexibility index (Phi) is 4.70. The summed E-state index contributed by atoms with van der Waals surface area (Å²) in [6.07, 6.45) is 1.78. The summed E-state index contributed by atoms with van der Waals surface area (Å²) in [6.45, 7) is 1.90. The minimum atomic E-state index is -0.292. The van der Waals surface area contributed by atoms with Crippen molar-refractivity contribution in [3.63, 3.8) is 0 Å². The quantitative estimate of drug-likeness (QED) is 0.745. The van der Waals surface area contributed by atoms with Gasteiger partial charge in [-0.3, -0.25) is 4.79 Å². The van der Waals surface area contributed by atoms with Crippen LogP contribution in [0, 0.1) is 6.92 Å². The van der Waals surface area contributed by atoms with Crippen LogP contribution in [0.1, 0.15) is 16.2 Å². The molecule has 0 fully saturated rings. The van der Waals surface area contributed by atoms with E-state index in [0.29, 0.717) is 22.7 Å². The number of methoxy groups -OCH3 is 2. The first-order valence-corrected chi connectivity index (χ1v) is 7.76. The molecule has 1 aromatic heterocycles. The molecule has 0 saturated carbocycles. The summed E-state index contributed by atoms with van der Waals surface area (Å²) in [5.41, 5.74) is 2.97. The van der Waals surface area contributed by atoms with Gasteiger partial charge in [0.05, 0.1) is 26.1 Å². The fourth-order valence-electron chi connectivity index (χ4n) is 2.57. The second kappa shape index (κ2) is 7.09. The van der Waals surface area contributed by atoms with Gasteiger partial charge in [0.1, 0.15) is 22.9 Å². The maximum absolute atomic E-state index is 12.6. The average Bonchev–Trinajstić information content (AvgIpc) is 3.07. The van der Waals surface area contributed by atoms with Crippen molar-refractivity contribution in [3.05, 3.63) is 60.0 Å². The van der Waals surface area contributed by atoms with Gasteiger partial charge in [0.15, 0.2) is 0 Å². The number of carbonyl (C=O) groups excluding carboxylic acids is 1. The third-order valence-corrected chi connectivity index (χ3v) is 3.81. The number of benzene rings is 2. The lowest BCUT2D eigenvalue weighted by Crippen LogP contribution is -2.14. The van der Waals surface area contributed by atoms with Crippen LogP contribution in [0.2, 0.25) is 0 Å². The van der Waals surface area contributed by atoms with Gasteiger partial charge in [-0.2, -0.15) is 0 Å². The number of rotatable bonds is 5. The SMILES string of the molecule is COc1cccc(OC)c1C(=O)Nc1ccc(-c2cnc(C)[nH]2)cc1. The lowest BCUT2D eigenvalue weighted by Gasteiger charge is -2.13. The zero-order valence-electron chi connectivity index (χ0n) is 14.3. The molecule has 6 nitrogen and oxygen atoms in total. The minimum Gasteiger partial charge on any atom is -0.496 e. The van der Waals surface area contributed by atoms with E-state index < -0.39 is 0 Å². The standard InChI is InChI=1S/C19H19N3O3/c1-12-20-11-15(21-12)13-7-9-14(10-8-13)22-19(23)18-16(24-2)5-4-6-17(18)25-3/h4-11H,1-3H3,(H,20,21)(H,22,23). The van der Waals surface area contributed by atoms with E-state index in [0.717, 1.165) is 17.1 Å². The van der Waals surface area contributed by atoms with Gasteiger partial charge in [-0.1, -0.05) is 18.2 Å². The van der Waals surface area contributed by atoms with Gasteiger partial charge in [0, 0.05) is 5.69 Å². The maximum Gasteiger partial charge on any atom is 0.263 e. The van der Waals surface area contributed by atoms with Crippen molar-refractivity contribution in [2.75, 3.05) is 19.5 Å². The number of anilines is 1. The van der Waals surface area contributed by atoms with E-state index in [9.17, 15) is 4.79 Å². The highest BCUT2D eigenvalue weighted by molar-refractivity contribution is 6.08. The topological polar surface area (TPSA) is 76.2 Å². The van der Waals surface area contributed by atoms with Crippen LogP contribution in [-0.2, 0) is 0 Å². The summed E-state index contributed by atoms with van der Waals surface area (Å²) in [7, 11) is 3.04. The molecular weight excluding hydrogens is 318 g/mol. The molecule has 0 bridgehead atoms. The van der Waals surface area contributed by atoms with E-state index in [1.54, 1.807) is 24.4 Å². The summed E-state index contributed by atoms with van der Waals surface area (Å²) in [6, 6.07) is 12.7. The lowest BCUT2D eigenvalue weighted by atomic mass is 10.1. The highest BCUT2D eigenvalue weighted by Gasteiger charge is 2.18. The van der Waals surface area contributed by atoms with Gasteiger partial charge in [0.2, 0.25) is 0 Å². The van der Waals surface area contributed by atoms with Gasteiger partial charge in [-0.25, -0.2) is 4.98 Å². The van der Waals surface area contributed by atoms with Gasteiger partial charge < -0.3 is 19.8 Å². The van der Waals surface area contributed by atoms with Crippen LogP contribution in [0.5, 0.6) is 11.5 Å². The largest absolute Gasteiger partial charge is 0.496 e. The van der Waals surface area contributed by atoms with Crippen molar-refractivity contribution in [2.45, 2.75) is 6.92 Å². The van der Waals surface area contributed by atoms with Gasteiger partial charge >= 0.3 is 0 Å². The average molecular weight is 337 g/mol. The Labute approximate surface area is 145 Å². The molecular formula is C19H19N3O3. The fourth-order valence-corrected chi connectivity index (χ4v) is 2.57. The Morgan fingerprint density at radius 3 is 2.20 bits per heavy atom. The smallest absolute Gasteiger partial charge is 0.263 e. The second-order valence-corrected chi connectivity index (χ2v) is 5.45. The van der Waals surface area contributed by atoms with Gasteiger partial charge in [-0.15, -0.1) is 0 Å². The first kappa shape index (κ1) is 16.6. The van der Waals surface area contributed by atoms with Crippen molar-refractivity contribution in [1.82, 2.24) is 9.97 Å².